The van der Waals surface area contributed by atoms with Crippen molar-refractivity contribution in [1.82, 2.24) is 0 Å². The monoisotopic (exact) mass is 387 g/mol. The summed E-state index contributed by atoms with van der Waals surface area (Å²) in [6.45, 7) is -1.80. The Hall–Kier alpha value is 0.988. The Morgan fingerprint density at radius 1 is 1.25 bits per heavy atom. The molecule has 0 bridgehead atoms. The first-order valence-corrected chi connectivity index (χ1v) is 3.40. The molecule has 0 amide bonds. The molecule has 0 saturated heterocycles. The Labute approximate surface area is 141 Å². The van der Waals surface area contributed by atoms with Gasteiger partial charge in [-0.2, -0.15) is 0 Å². The Morgan fingerprint density at radius 2 is 1.81 bits per heavy atom. The zero-order valence-corrected chi connectivity index (χ0v) is 13.8. The van der Waals surface area contributed by atoms with Gasteiger partial charge in [-0.1, -0.05) is 0 Å². The average Bonchev–Trinajstić information content (AvgIpc) is 2.15. The van der Waals surface area contributed by atoms with Crippen LogP contribution in [0, 0.1) is 0 Å². The van der Waals surface area contributed by atoms with E-state index in [1.165, 1.54) is 0 Å². The summed E-state index contributed by atoms with van der Waals surface area (Å²) >= 11 is 0. The van der Waals surface area contributed by atoms with Crippen molar-refractivity contribution >= 4 is 12.9 Å². The third-order valence-electron chi connectivity index (χ3n) is 1.35. The quantitative estimate of drug-likeness (QED) is 0.192. The second-order valence-corrected chi connectivity index (χ2v) is 2.36. The summed E-state index contributed by atoms with van der Waals surface area (Å²) in [7, 11) is 0. The standard InChI is InChI=1S/C6H10O8.2Y/c7-3-12-1-6(10,2-14-11)5(9)13-4-8;;/h3-5,9-11H,1-2H2;;/p-1. The van der Waals surface area contributed by atoms with E-state index in [-0.39, 0.29) is 78.4 Å². The Balaban J connectivity index is -0.000000845. The van der Waals surface area contributed by atoms with Crippen LogP contribution in [-0.2, 0) is 89.4 Å². The SMILES string of the molecule is O=COCC(O)(CO[O-])C(O)OC=O.[Y].[Y]. The fourth-order valence-electron chi connectivity index (χ4n) is 0.644. The van der Waals surface area contributed by atoms with Crippen molar-refractivity contribution in [2.24, 2.45) is 0 Å². The van der Waals surface area contributed by atoms with Crippen LogP contribution in [0.1, 0.15) is 0 Å². The van der Waals surface area contributed by atoms with Gasteiger partial charge < -0.3 is 29.8 Å². The van der Waals surface area contributed by atoms with Gasteiger partial charge in [0.1, 0.15) is 6.61 Å². The number of carbonyl (C=O) groups excluding carboxylic acids is 2. The third-order valence-corrected chi connectivity index (χ3v) is 1.35. The molecule has 16 heavy (non-hydrogen) atoms. The molecule has 0 aromatic carbocycles. The molecule has 0 fully saturated rings. The Kier molecular flexibility index (Phi) is 17.3. The smallest absolute Gasteiger partial charge is 0.295 e. The van der Waals surface area contributed by atoms with E-state index in [0.717, 1.165) is 0 Å². The number of hydrogen-bond donors (Lipinski definition) is 2. The van der Waals surface area contributed by atoms with Gasteiger partial charge in [0, 0.05) is 65.4 Å². The summed E-state index contributed by atoms with van der Waals surface area (Å²) in [6.07, 6.45) is -2.02. The maximum absolute atomic E-state index is 9.82. The summed E-state index contributed by atoms with van der Waals surface area (Å²) in [4.78, 5) is 22.9. The zero-order valence-electron chi connectivity index (χ0n) is 8.14. The minimum atomic E-state index is -2.27. The number of carbonyl (C=O) groups is 2. The molecule has 0 rings (SSSR count). The van der Waals surface area contributed by atoms with Gasteiger partial charge in [0.05, 0.1) is 6.61 Å². The van der Waals surface area contributed by atoms with Crippen LogP contribution in [0.2, 0.25) is 0 Å². The fraction of sp³-hybridized carbons (Fsp3) is 0.667. The molecule has 0 aliphatic heterocycles. The second-order valence-electron chi connectivity index (χ2n) is 2.36. The van der Waals surface area contributed by atoms with Crippen LogP contribution in [0.3, 0.4) is 0 Å². The number of rotatable bonds is 8. The van der Waals surface area contributed by atoms with Gasteiger partial charge in [-0.3, -0.25) is 9.59 Å². The molecule has 0 heterocycles. The van der Waals surface area contributed by atoms with Crippen molar-refractivity contribution in [3.05, 3.63) is 0 Å². The number of ether oxygens (including phenoxy) is 2. The molecule has 2 radical (unpaired) electrons. The van der Waals surface area contributed by atoms with Gasteiger partial charge >= 0.3 is 0 Å². The van der Waals surface area contributed by atoms with Gasteiger partial charge in [-0.25, -0.2) is 0 Å². The maximum atomic E-state index is 9.82. The van der Waals surface area contributed by atoms with Gasteiger partial charge in [-0.05, 0) is 0 Å². The van der Waals surface area contributed by atoms with Crippen molar-refractivity contribution in [3.63, 3.8) is 0 Å². The maximum Gasteiger partial charge on any atom is 0.295 e. The van der Waals surface area contributed by atoms with Gasteiger partial charge in [-0.15, -0.1) is 0 Å². The summed E-state index contributed by atoms with van der Waals surface area (Å²) in [5.74, 6) is 0. The van der Waals surface area contributed by atoms with Crippen LogP contribution in [0.4, 0.5) is 0 Å². The van der Waals surface area contributed by atoms with E-state index in [0.29, 0.717) is 0 Å². The number of aliphatic hydroxyl groups is 2. The molecule has 10 heteroatoms. The van der Waals surface area contributed by atoms with Crippen LogP contribution in [-0.4, -0.2) is 48.3 Å². The topological polar surface area (TPSA) is 125 Å². The van der Waals surface area contributed by atoms with E-state index in [1.54, 1.807) is 0 Å². The van der Waals surface area contributed by atoms with E-state index in [2.05, 4.69) is 14.4 Å². The van der Waals surface area contributed by atoms with Crippen molar-refractivity contribution < 1.29 is 105 Å². The van der Waals surface area contributed by atoms with Crippen LogP contribution >= 0.6 is 0 Å². The van der Waals surface area contributed by atoms with Crippen molar-refractivity contribution in [1.29, 1.82) is 0 Å². The van der Waals surface area contributed by atoms with Crippen molar-refractivity contribution in [2.45, 2.75) is 11.9 Å². The molecule has 0 spiro atoms. The molecule has 2 unspecified atom stereocenters. The molecule has 0 aromatic rings. The van der Waals surface area contributed by atoms with Gasteiger partial charge in [0.15, 0.2) is 5.60 Å². The van der Waals surface area contributed by atoms with Crippen LogP contribution in [0.25, 0.3) is 0 Å². The summed E-state index contributed by atoms with van der Waals surface area (Å²) < 4.78 is 8.08. The molecule has 8 nitrogen and oxygen atoms in total. The average molecular weight is 387 g/mol. The molecular formula is C6H9O8Y2-. The Morgan fingerprint density at radius 3 is 2.19 bits per heavy atom. The zero-order chi connectivity index (χ0) is 11.0. The normalized spacial score (nSPS) is 14.4. The molecule has 2 atom stereocenters. The molecule has 88 valence electrons. The van der Waals surface area contributed by atoms with Gasteiger partial charge in [0.2, 0.25) is 6.29 Å². The number of aliphatic hydroxyl groups excluding tert-OH is 1. The van der Waals surface area contributed by atoms with Crippen LogP contribution in [0.15, 0.2) is 0 Å². The third kappa shape index (κ3) is 8.13. The van der Waals surface area contributed by atoms with E-state index in [9.17, 15) is 20.0 Å². The van der Waals surface area contributed by atoms with Gasteiger partial charge in [0.25, 0.3) is 12.9 Å². The summed E-state index contributed by atoms with van der Waals surface area (Å²) in [6, 6.07) is 0. The Bertz CT molecular complexity index is 191. The minimum Gasteiger partial charge on any atom is -0.723 e. The molecule has 0 saturated carbocycles. The van der Waals surface area contributed by atoms with Crippen LogP contribution < -0.4 is 5.26 Å². The predicted octanol–water partition coefficient (Wildman–Crippen LogP) is -3.33. The molecular weight excluding hydrogens is 378 g/mol. The summed E-state index contributed by atoms with van der Waals surface area (Å²) in [5.41, 5.74) is -2.27. The molecule has 0 aliphatic carbocycles. The first kappa shape index (κ1) is 22.2. The largest absolute Gasteiger partial charge is 0.723 e. The first-order valence-electron chi connectivity index (χ1n) is 3.40. The molecule has 0 aliphatic rings. The fourth-order valence-corrected chi connectivity index (χ4v) is 0.644. The second kappa shape index (κ2) is 12.4. The van der Waals surface area contributed by atoms with Crippen molar-refractivity contribution in [2.75, 3.05) is 13.2 Å². The summed E-state index contributed by atoms with van der Waals surface area (Å²) in [5, 5.41) is 28.2. The molecule has 2 N–H and O–H groups in total. The first-order chi connectivity index (χ1) is 6.60. The molecule has 0 aromatic heterocycles. The van der Waals surface area contributed by atoms with E-state index < -0.39 is 25.1 Å². The minimum absolute atomic E-state index is 0. The van der Waals surface area contributed by atoms with E-state index >= 15 is 0 Å². The van der Waals surface area contributed by atoms with Crippen molar-refractivity contribution in [3.8, 4) is 0 Å². The predicted molar refractivity (Wildman–Crippen MR) is 36.1 cm³/mol. The van der Waals surface area contributed by atoms with E-state index in [4.69, 9.17) is 5.11 Å². The number of hydrogen-bond acceptors (Lipinski definition) is 8. The van der Waals surface area contributed by atoms with E-state index in [1.807, 2.05) is 0 Å². The van der Waals surface area contributed by atoms with Crippen LogP contribution in [0.5, 0.6) is 0 Å².